The largest absolute Gasteiger partial charge is 0.497 e. The second-order valence-corrected chi connectivity index (χ2v) is 9.38. The number of carbonyl (C=O) groups excluding carboxylic acids is 1. The van der Waals surface area contributed by atoms with Crippen LogP contribution in [-0.4, -0.2) is 22.9 Å². The quantitative estimate of drug-likeness (QED) is 0.382. The molecule has 1 aliphatic heterocycles. The first-order chi connectivity index (χ1) is 16.0. The number of ketones is 1. The van der Waals surface area contributed by atoms with E-state index in [0.717, 1.165) is 35.4 Å². The fraction of sp³-hybridized carbons (Fsp3) is 0.240. The summed E-state index contributed by atoms with van der Waals surface area (Å²) in [6.45, 7) is 0. The number of H-pyrrole nitrogens is 1. The number of anilines is 1. The molecule has 33 heavy (non-hydrogen) atoms. The van der Waals surface area contributed by atoms with Gasteiger partial charge in [0.25, 0.3) is 5.56 Å². The van der Waals surface area contributed by atoms with Gasteiger partial charge in [-0.05, 0) is 42.2 Å². The summed E-state index contributed by atoms with van der Waals surface area (Å²) in [5.74, 6) is 1.42. The minimum atomic E-state index is -0.464. The first-order valence-electron chi connectivity index (χ1n) is 10.7. The van der Waals surface area contributed by atoms with Gasteiger partial charge in [-0.25, -0.2) is 4.98 Å². The van der Waals surface area contributed by atoms with Crippen LogP contribution in [0.3, 0.4) is 0 Å². The number of hydrogen-bond donors (Lipinski definition) is 2. The minimum Gasteiger partial charge on any atom is -0.497 e. The van der Waals surface area contributed by atoms with Crippen LogP contribution in [0.4, 0.5) is 5.82 Å². The Kier molecular flexibility index (Phi) is 6.00. The monoisotopic (exact) mass is 479 g/mol. The number of fused-ring (bicyclic) bond motifs is 1. The second-order valence-electron chi connectivity index (χ2n) is 8.01. The maximum absolute atomic E-state index is 13.3. The van der Waals surface area contributed by atoms with E-state index in [4.69, 9.17) is 21.3 Å². The second kappa shape index (κ2) is 9.08. The maximum Gasteiger partial charge on any atom is 0.257 e. The van der Waals surface area contributed by atoms with Crippen LogP contribution in [0.15, 0.2) is 69.8 Å². The highest BCUT2D eigenvalue weighted by molar-refractivity contribution is 7.98. The van der Waals surface area contributed by atoms with Crippen molar-refractivity contribution in [2.75, 3.05) is 12.4 Å². The number of carbonyl (C=O) groups is 1. The molecule has 2 heterocycles. The van der Waals surface area contributed by atoms with Gasteiger partial charge in [0.1, 0.15) is 11.6 Å². The summed E-state index contributed by atoms with van der Waals surface area (Å²) >= 11 is 7.69. The molecule has 6 nitrogen and oxygen atoms in total. The Labute approximate surface area is 200 Å². The normalized spacial score (nSPS) is 17.3. The van der Waals surface area contributed by atoms with Crippen LogP contribution >= 0.6 is 23.4 Å². The van der Waals surface area contributed by atoms with E-state index in [1.54, 1.807) is 7.11 Å². The summed E-state index contributed by atoms with van der Waals surface area (Å²) in [7, 11) is 1.61. The van der Waals surface area contributed by atoms with Crippen LogP contribution in [-0.2, 0) is 10.5 Å². The lowest BCUT2D eigenvalue weighted by atomic mass is 9.76. The number of hydrogen-bond acceptors (Lipinski definition) is 6. The summed E-state index contributed by atoms with van der Waals surface area (Å²) in [6.07, 6.45) is 2.02. The van der Waals surface area contributed by atoms with Crippen molar-refractivity contribution in [3.63, 3.8) is 0 Å². The van der Waals surface area contributed by atoms with Crippen LogP contribution in [0.2, 0.25) is 5.02 Å². The van der Waals surface area contributed by atoms with Crippen LogP contribution in [0.5, 0.6) is 5.75 Å². The Balaban J connectivity index is 1.56. The number of aromatic nitrogens is 2. The Hall–Kier alpha value is -3.03. The number of nitrogens with zero attached hydrogens (tertiary/aromatic N) is 1. The number of benzene rings is 2. The molecule has 8 heteroatoms. The third kappa shape index (κ3) is 4.18. The van der Waals surface area contributed by atoms with Crippen molar-refractivity contribution in [2.45, 2.75) is 36.1 Å². The molecule has 1 atom stereocenters. The molecular weight excluding hydrogens is 458 g/mol. The van der Waals surface area contributed by atoms with Gasteiger partial charge in [-0.3, -0.25) is 9.59 Å². The fourth-order valence-corrected chi connectivity index (χ4v) is 5.55. The molecule has 2 aromatic carbocycles. The molecule has 1 unspecified atom stereocenters. The van der Waals surface area contributed by atoms with Crippen LogP contribution in [0.1, 0.15) is 41.9 Å². The number of thioether (sulfide) groups is 1. The lowest BCUT2D eigenvalue weighted by molar-refractivity contribution is -0.116. The van der Waals surface area contributed by atoms with Gasteiger partial charge < -0.3 is 15.0 Å². The van der Waals surface area contributed by atoms with Gasteiger partial charge in [-0.15, -0.1) is 0 Å². The summed E-state index contributed by atoms with van der Waals surface area (Å²) in [5.41, 5.74) is 3.58. The van der Waals surface area contributed by atoms with Gasteiger partial charge in [0.05, 0.1) is 12.7 Å². The predicted molar refractivity (Wildman–Crippen MR) is 130 cm³/mol. The average Bonchev–Trinajstić information content (AvgIpc) is 2.82. The lowest BCUT2D eigenvalue weighted by Gasteiger charge is -2.32. The smallest absolute Gasteiger partial charge is 0.257 e. The molecular formula is C25H22ClN3O3S. The van der Waals surface area contributed by atoms with Crippen molar-refractivity contribution in [1.29, 1.82) is 0 Å². The number of allylic oxidation sites excluding steroid dienone is 2. The molecule has 168 valence electrons. The van der Waals surface area contributed by atoms with Crippen molar-refractivity contribution in [3.05, 3.63) is 91.9 Å². The van der Waals surface area contributed by atoms with E-state index < -0.39 is 5.92 Å². The van der Waals surface area contributed by atoms with Crippen LogP contribution in [0.25, 0.3) is 0 Å². The molecule has 0 spiro atoms. The molecule has 0 radical (unpaired) electrons. The molecule has 3 aromatic rings. The molecule has 0 saturated carbocycles. The third-order valence-electron chi connectivity index (χ3n) is 6.01. The van der Waals surface area contributed by atoms with Crippen molar-refractivity contribution in [1.82, 2.24) is 9.97 Å². The topological polar surface area (TPSA) is 84.1 Å². The van der Waals surface area contributed by atoms with Gasteiger partial charge in [0.2, 0.25) is 0 Å². The van der Waals surface area contributed by atoms with E-state index >= 15 is 0 Å². The van der Waals surface area contributed by atoms with Gasteiger partial charge in [0, 0.05) is 34.4 Å². The zero-order valence-corrected chi connectivity index (χ0v) is 19.6. The summed E-state index contributed by atoms with van der Waals surface area (Å²) in [4.78, 5) is 33.9. The highest BCUT2D eigenvalue weighted by Crippen LogP contribution is 2.43. The van der Waals surface area contributed by atoms with Crippen molar-refractivity contribution in [3.8, 4) is 5.75 Å². The zero-order valence-electron chi connectivity index (χ0n) is 18.0. The van der Waals surface area contributed by atoms with Crippen molar-refractivity contribution < 1.29 is 9.53 Å². The first-order valence-corrected chi connectivity index (χ1v) is 12.1. The average molecular weight is 480 g/mol. The number of nitrogens with one attached hydrogen (secondary N) is 2. The molecule has 5 rings (SSSR count). The molecule has 0 saturated heterocycles. The number of aromatic amines is 1. The van der Waals surface area contributed by atoms with Gasteiger partial charge >= 0.3 is 0 Å². The van der Waals surface area contributed by atoms with E-state index in [0.29, 0.717) is 39.3 Å². The first kappa shape index (κ1) is 21.8. The summed E-state index contributed by atoms with van der Waals surface area (Å²) in [5, 5.41) is 4.49. The number of rotatable bonds is 5. The summed E-state index contributed by atoms with van der Waals surface area (Å²) in [6, 6.07) is 15.1. The van der Waals surface area contributed by atoms with Gasteiger partial charge in [-0.1, -0.05) is 53.7 Å². The number of Topliss-reactive ketones (excluding diaryl/α,β-unsaturated/α-hetero) is 1. The molecule has 0 amide bonds. The Morgan fingerprint density at radius 3 is 2.67 bits per heavy atom. The number of methoxy groups -OCH3 is 1. The highest BCUT2D eigenvalue weighted by atomic mass is 35.5. The van der Waals surface area contributed by atoms with Gasteiger partial charge in [0.15, 0.2) is 10.9 Å². The van der Waals surface area contributed by atoms with E-state index in [1.807, 2.05) is 48.5 Å². The Bertz CT molecular complexity index is 1320. The lowest BCUT2D eigenvalue weighted by Crippen LogP contribution is -2.32. The zero-order chi connectivity index (χ0) is 22.9. The third-order valence-corrected chi connectivity index (χ3v) is 7.30. The maximum atomic E-state index is 13.3. The van der Waals surface area contributed by atoms with Crippen LogP contribution < -0.4 is 15.6 Å². The molecule has 1 aliphatic carbocycles. The van der Waals surface area contributed by atoms with Crippen molar-refractivity contribution >= 4 is 35.0 Å². The SMILES string of the molecule is COc1ccc(C2C3=C(CCCC3=O)Nc3nc(SCc4ccccc4Cl)[nH]c(=O)c32)cc1. The molecule has 0 bridgehead atoms. The minimum absolute atomic E-state index is 0.0757. The molecule has 2 aliphatic rings. The Morgan fingerprint density at radius 1 is 1.12 bits per heavy atom. The van der Waals surface area contributed by atoms with Crippen LogP contribution in [0, 0.1) is 0 Å². The van der Waals surface area contributed by atoms with E-state index in [2.05, 4.69) is 10.3 Å². The molecule has 1 aromatic heterocycles. The number of halogens is 1. The van der Waals surface area contributed by atoms with Gasteiger partial charge in [-0.2, -0.15) is 0 Å². The van der Waals surface area contributed by atoms with E-state index in [9.17, 15) is 9.59 Å². The van der Waals surface area contributed by atoms with E-state index in [-0.39, 0.29) is 11.3 Å². The van der Waals surface area contributed by atoms with E-state index in [1.165, 1.54) is 11.8 Å². The highest BCUT2D eigenvalue weighted by Gasteiger charge is 2.37. The molecule has 2 N–H and O–H groups in total. The Morgan fingerprint density at radius 2 is 1.91 bits per heavy atom. The number of ether oxygens (including phenoxy) is 1. The van der Waals surface area contributed by atoms with Crippen molar-refractivity contribution in [2.24, 2.45) is 0 Å². The predicted octanol–water partition coefficient (Wildman–Crippen LogP) is 5.29. The summed E-state index contributed by atoms with van der Waals surface area (Å²) < 4.78 is 5.28. The molecule has 0 fully saturated rings. The fourth-order valence-electron chi connectivity index (χ4n) is 4.40. The standard InChI is InChI=1S/C25H22ClN3O3S/c1-32-16-11-9-14(10-12-16)20-21-18(7-4-8-19(21)30)27-23-22(20)24(31)29-25(28-23)33-13-15-5-2-3-6-17(15)26/h2-3,5-6,9-12,20H,4,7-8,13H2,1H3,(H2,27,28,29,31).